The highest BCUT2D eigenvalue weighted by atomic mass is 32.1. The van der Waals surface area contributed by atoms with Crippen LogP contribution in [0.25, 0.3) is 16.4 Å². The Hall–Kier alpha value is -4.38. The summed E-state index contributed by atoms with van der Waals surface area (Å²) in [6.45, 7) is 2.14. The molecule has 0 saturated carbocycles. The number of thiazole rings is 1. The Morgan fingerprint density at radius 1 is 1.03 bits per heavy atom. The average molecular weight is 534 g/mol. The van der Waals surface area contributed by atoms with Crippen LogP contribution in [0.2, 0.25) is 0 Å². The van der Waals surface area contributed by atoms with Gasteiger partial charge in [0.25, 0.3) is 0 Å². The van der Waals surface area contributed by atoms with Crippen molar-refractivity contribution in [3.8, 4) is 33.6 Å². The topological polar surface area (TPSA) is 108 Å². The van der Waals surface area contributed by atoms with Crippen molar-refractivity contribution >= 4 is 34.7 Å². The van der Waals surface area contributed by atoms with E-state index in [4.69, 9.17) is 19.2 Å². The second-order valence-electron chi connectivity index (χ2n) is 8.76. The van der Waals surface area contributed by atoms with E-state index in [9.17, 15) is 9.59 Å². The fraction of sp³-hybridized carbons (Fsp3) is 0.259. The van der Waals surface area contributed by atoms with Gasteiger partial charge in [0.2, 0.25) is 16.9 Å². The Kier molecular flexibility index (Phi) is 7.01. The molecule has 1 aliphatic rings. The third kappa shape index (κ3) is 4.92. The Bertz CT molecular complexity index is 1480. The van der Waals surface area contributed by atoms with Crippen molar-refractivity contribution in [3.05, 3.63) is 59.6 Å². The van der Waals surface area contributed by atoms with Crippen LogP contribution < -0.4 is 24.4 Å². The fourth-order valence-electron chi connectivity index (χ4n) is 4.35. The van der Waals surface area contributed by atoms with Gasteiger partial charge in [0.05, 0.1) is 38.6 Å². The van der Waals surface area contributed by atoms with E-state index in [1.54, 1.807) is 49.1 Å². The van der Waals surface area contributed by atoms with E-state index in [0.29, 0.717) is 34.7 Å². The van der Waals surface area contributed by atoms with Gasteiger partial charge in [-0.3, -0.25) is 9.59 Å². The number of hydrogen-bond acceptors (Lipinski definition) is 8. The molecule has 3 heterocycles. The molecule has 10 nitrogen and oxygen atoms in total. The molecule has 1 atom stereocenters. The highest BCUT2D eigenvalue weighted by Gasteiger charge is 2.35. The number of nitrogens with zero attached hydrogens (tertiary/aromatic N) is 4. The van der Waals surface area contributed by atoms with Crippen molar-refractivity contribution < 1.29 is 23.8 Å². The first kappa shape index (κ1) is 25.3. The minimum absolute atomic E-state index is 0.0977. The minimum Gasteiger partial charge on any atom is -0.497 e. The van der Waals surface area contributed by atoms with Crippen LogP contribution in [-0.4, -0.2) is 54.5 Å². The monoisotopic (exact) mass is 533 g/mol. The first-order valence-electron chi connectivity index (χ1n) is 11.9. The van der Waals surface area contributed by atoms with Gasteiger partial charge in [0.1, 0.15) is 11.6 Å². The molecule has 1 N–H and O–H groups in total. The van der Waals surface area contributed by atoms with Gasteiger partial charge in [-0.15, -0.1) is 11.3 Å². The van der Waals surface area contributed by atoms with Crippen LogP contribution in [-0.2, 0) is 9.59 Å². The van der Waals surface area contributed by atoms with Crippen LogP contribution in [0.1, 0.15) is 12.1 Å². The summed E-state index contributed by atoms with van der Waals surface area (Å²) in [4.78, 5) is 32.2. The summed E-state index contributed by atoms with van der Waals surface area (Å²) in [5.41, 5.74) is 3.07. The first-order chi connectivity index (χ1) is 18.4. The number of carbonyl (C=O) groups is 2. The van der Waals surface area contributed by atoms with Crippen LogP contribution >= 0.6 is 11.3 Å². The third-order valence-corrected chi connectivity index (χ3v) is 7.13. The summed E-state index contributed by atoms with van der Waals surface area (Å²) in [5.74, 6) is 1.61. The molecule has 0 bridgehead atoms. The number of anilines is 2. The molecule has 2 aromatic carbocycles. The highest BCUT2D eigenvalue weighted by Crippen LogP contribution is 2.34. The van der Waals surface area contributed by atoms with Gasteiger partial charge in [-0.1, -0.05) is 0 Å². The molecule has 0 spiro atoms. The predicted molar refractivity (Wildman–Crippen MR) is 145 cm³/mol. The van der Waals surface area contributed by atoms with Crippen molar-refractivity contribution in [2.75, 3.05) is 38.1 Å². The molecular formula is C27H27N5O5S. The summed E-state index contributed by atoms with van der Waals surface area (Å²) in [7, 11) is 4.77. The van der Waals surface area contributed by atoms with E-state index in [-0.39, 0.29) is 18.2 Å². The van der Waals surface area contributed by atoms with Crippen LogP contribution in [0, 0.1) is 12.8 Å². The summed E-state index contributed by atoms with van der Waals surface area (Å²) in [6.07, 6.45) is 0.131. The van der Waals surface area contributed by atoms with Crippen LogP contribution in [0.4, 0.5) is 11.5 Å². The summed E-state index contributed by atoms with van der Waals surface area (Å²) >= 11 is 1.40. The number of amides is 2. The van der Waals surface area contributed by atoms with Gasteiger partial charge in [-0.2, -0.15) is 9.78 Å². The molecule has 196 valence electrons. The summed E-state index contributed by atoms with van der Waals surface area (Å²) in [5, 5.41) is 10.0. The number of aryl methyl sites for hydroxylation is 1. The lowest BCUT2D eigenvalue weighted by molar-refractivity contribution is -0.122. The number of hydrogen-bond donors (Lipinski definition) is 1. The van der Waals surface area contributed by atoms with Crippen molar-refractivity contribution in [1.82, 2.24) is 14.8 Å². The van der Waals surface area contributed by atoms with E-state index < -0.39 is 5.92 Å². The first-order valence-corrected chi connectivity index (χ1v) is 12.8. The normalized spacial score (nSPS) is 15.0. The Morgan fingerprint density at radius 2 is 1.79 bits per heavy atom. The number of benzene rings is 2. The maximum atomic E-state index is 13.2. The zero-order valence-electron chi connectivity index (χ0n) is 21.4. The fourth-order valence-corrected chi connectivity index (χ4v) is 5.14. The smallest absolute Gasteiger partial charge is 0.230 e. The van der Waals surface area contributed by atoms with Crippen LogP contribution in [0.15, 0.2) is 53.9 Å². The maximum Gasteiger partial charge on any atom is 0.230 e. The number of nitrogens with one attached hydrogen (secondary N) is 1. The average Bonchev–Trinajstić information content (AvgIpc) is 3.66. The largest absolute Gasteiger partial charge is 0.497 e. The molecule has 2 amide bonds. The van der Waals surface area contributed by atoms with E-state index in [2.05, 4.69) is 10.4 Å². The lowest BCUT2D eigenvalue weighted by atomic mass is 10.1. The van der Waals surface area contributed by atoms with E-state index >= 15 is 0 Å². The molecule has 38 heavy (non-hydrogen) atoms. The molecule has 4 aromatic rings. The van der Waals surface area contributed by atoms with Crippen molar-refractivity contribution in [2.24, 2.45) is 5.92 Å². The number of carbonyl (C=O) groups excluding carboxylic acids is 2. The number of aromatic nitrogens is 3. The molecule has 1 fully saturated rings. The zero-order valence-corrected chi connectivity index (χ0v) is 22.2. The molecular weight excluding hydrogens is 506 g/mol. The quantitative estimate of drug-likeness (QED) is 0.359. The van der Waals surface area contributed by atoms with Gasteiger partial charge < -0.3 is 24.4 Å². The van der Waals surface area contributed by atoms with Gasteiger partial charge in [-0.25, -0.2) is 4.98 Å². The van der Waals surface area contributed by atoms with Crippen molar-refractivity contribution in [2.45, 2.75) is 13.3 Å². The highest BCUT2D eigenvalue weighted by molar-refractivity contribution is 7.12. The van der Waals surface area contributed by atoms with E-state index in [1.807, 2.05) is 42.6 Å². The van der Waals surface area contributed by atoms with Gasteiger partial charge in [0, 0.05) is 35.7 Å². The minimum atomic E-state index is -0.494. The standard InChI is InChI=1S/C27H27N5O5S/c1-16-11-24(29-26(34)18-13-25(33)31(14-18)19-6-8-20(35-2)9-7-19)32(30-16)27-28-21(15-38-27)17-5-10-22(36-3)23(12-17)37-4/h5-12,15,18H,13-14H2,1-4H3,(H,29,34). The lowest BCUT2D eigenvalue weighted by Gasteiger charge is -2.17. The summed E-state index contributed by atoms with van der Waals surface area (Å²) < 4.78 is 17.5. The summed E-state index contributed by atoms with van der Waals surface area (Å²) in [6, 6.07) is 14.6. The lowest BCUT2D eigenvalue weighted by Crippen LogP contribution is -2.28. The van der Waals surface area contributed by atoms with Gasteiger partial charge in [0.15, 0.2) is 11.5 Å². The molecule has 5 rings (SSSR count). The number of ether oxygens (including phenoxy) is 3. The molecule has 1 unspecified atom stereocenters. The second-order valence-corrected chi connectivity index (χ2v) is 9.60. The molecule has 0 aliphatic carbocycles. The zero-order chi connectivity index (χ0) is 26.8. The Labute approximate surface area is 223 Å². The molecule has 1 aliphatic heterocycles. The van der Waals surface area contributed by atoms with E-state index in [1.165, 1.54) is 11.3 Å². The molecule has 0 radical (unpaired) electrons. The van der Waals surface area contributed by atoms with Crippen LogP contribution in [0.5, 0.6) is 17.2 Å². The van der Waals surface area contributed by atoms with E-state index in [0.717, 1.165) is 22.6 Å². The Balaban J connectivity index is 1.33. The third-order valence-electron chi connectivity index (χ3n) is 6.32. The van der Waals surface area contributed by atoms with Gasteiger partial charge >= 0.3 is 0 Å². The van der Waals surface area contributed by atoms with Crippen molar-refractivity contribution in [1.29, 1.82) is 0 Å². The predicted octanol–water partition coefficient (Wildman–Crippen LogP) is 4.32. The number of methoxy groups -OCH3 is 3. The molecule has 2 aromatic heterocycles. The SMILES string of the molecule is COc1ccc(N2CC(C(=O)Nc3cc(C)nn3-c3nc(-c4ccc(OC)c(OC)c4)cs3)CC2=O)cc1. The van der Waals surface area contributed by atoms with Gasteiger partial charge in [-0.05, 0) is 49.4 Å². The molecule has 1 saturated heterocycles. The Morgan fingerprint density at radius 3 is 2.50 bits per heavy atom. The second kappa shape index (κ2) is 10.5. The maximum absolute atomic E-state index is 13.2. The van der Waals surface area contributed by atoms with Crippen molar-refractivity contribution in [3.63, 3.8) is 0 Å². The van der Waals surface area contributed by atoms with Crippen LogP contribution in [0.3, 0.4) is 0 Å². The molecule has 11 heteroatoms. The number of rotatable bonds is 8.